The summed E-state index contributed by atoms with van der Waals surface area (Å²) >= 11 is 0. The van der Waals surface area contributed by atoms with E-state index in [0.717, 1.165) is 18.4 Å². The number of hydrogen-bond donors (Lipinski definition) is 2. The maximum atomic E-state index is 12.4. The number of allylic oxidation sites excluding steroid dienone is 3. The minimum Gasteiger partial charge on any atom is -0.387 e. The molecular formula is C32H49NO7. The minimum absolute atomic E-state index is 0.0172. The number of carbonyl (C=O) groups excluding carboxylic acids is 3. The van der Waals surface area contributed by atoms with Crippen LogP contribution in [0, 0.1) is 11.8 Å². The molecule has 3 heterocycles. The number of aliphatic hydroxyl groups excluding tert-OH is 1. The number of ketones is 2. The molecule has 1 spiro atoms. The molecule has 8 atom stereocenters. The van der Waals surface area contributed by atoms with Crippen molar-refractivity contribution in [3.63, 3.8) is 0 Å². The fourth-order valence-corrected chi connectivity index (χ4v) is 5.53. The lowest BCUT2D eigenvalue weighted by atomic mass is 9.86. The van der Waals surface area contributed by atoms with Crippen LogP contribution in [0.1, 0.15) is 86.5 Å². The first-order valence-corrected chi connectivity index (χ1v) is 14.9. The summed E-state index contributed by atoms with van der Waals surface area (Å²) in [6.07, 6.45) is 11.4. The summed E-state index contributed by atoms with van der Waals surface area (Å²) in [5.41, 5.74) is 0.398. The zero-order valence-electron chi connectivity index (χ0n) is 25.1. The van der Waals surface area contributed by atoms with Gasteiger partial charge in [0.25, 0.3) is 0 Å². The van der Waals surface area contributed by atoms with E-state index in [1.165, 1.54) is 6.92 Å². The zero-order chi connectivity index (χ0) is 29.4. The monoisotopic (exact) mass is 559 g/mol. The molecule has 0 unspecified atom stereocenters. The number of Topliss-reactive ketones (excluding diaryl/α,β-unsaturated/α-hetero) is 2. The third-order valence-electron chi connectivity index (χ3n) is 8.13. The van der Waals surface area contributed by atoms with Crippen molar-refractivity contribution in [3.8, 4) is 0 Å². The van der Waals surface area contributed by atoms with Crippen molar-refractivity contribution in [3.05, 3.63) is 36.0 Å². The molecule has 3 aliphatic rings. The maximum absolute atomic E-state index is 12.4. The van der Waals surface area contributed by atoms with E-state index < -0.39 is 17.8 Å². The number of ether oxygens (including phenoxy) is 3. The van der Waals surface area contributed by atoms with Gasteiger partial charge in [0.05, 0.1) is 31.0 Å². The molecular weight excluding hydrogens is 510 g/mol. The van der Waals surface area contributed by atoms with Crippen molar-refractivity contribution >= 4 is 17.5 Å². The normalized spacial score (nSPS) is 34.6. The van der Waals surface area contributed by atoms with Crippen molar-refractivity contribution in [2.75, 3.05) is 6.61 Å². The standard InChI is InChI=1S/C32H49NO7/c1-20(2)10-15-30(36)33-27-16-22(4)28(39-24(27)6)13-11-21(3)12-14-29-31(37)32(19-38-32)18-26(40-29)17-25(35)9-7-8-23(5)34/h10-12,14-15,20,22,24,26-29,31,37H,7-9,13,16-19H2,1-6H3,(H,33,36)/b14-12+,15-10-,21-11+/t22-,24-,26-,27-,28+,29-,31-,32-/m1/s1. The molecule has 3 fully saturated rings. The molecule has 224 valence electrons. The molecule has 3 rings (SSSR count). The summed E-state index contributed by atoms with van der Waals surface area (Å²) in [5, 5.41) is 14.0. The van der Waals surface area contributed by atoms with Gasteiger partial charge in [-0.25, -0.2) is 0 Å². The molecule has 0 aromatic carbocycles. The summed E-state index contributed by atoms with van der Waals surface area (Å²) in [7, 11) is 0. The smallest absolute Gasteiger partial charge is 0.243 e. The van der Waals surface area contributed by atoms with E-state index >= 15 is 0 Å². The Morgan fingerprint density at radius 2 is 1.82 bits per heavy atom. The van der Waals surface area contributed by atoms with Crippen molar-refractivity contribution in [2.45, 2.75) is 129 Å². The van der Waals surface area contributed by atoms with E-state index in [-0.39, 0.29) is 54.2 Å². The molecule has 0 aliphatic carbocycles. The molecule has 8 nitrogen and oxygen atoms in total. The van der Waals surface area contributed by atoms with Crippen LogP contribution in [0.25, 0.3) is 0 Å². The molecule has 0 radical (unpaired) electrons. The average molecular weight is 560 g/mol. The lowest BCUT2D eigenvalue weighted by Gasteiger charge is -2.39. The van der Waals surface area contributed by atoms with Gasteiger partial charge in [0.1, 0.15) is 29.4 Å². The Balaban J connectivity index is 1.51. The van der Waals surface area contributed by atoms with E-state index in [1.807, 2.05) is 45.9 Å². The second-order valence-electron chi connectivity index (χ2n) is 12.4. The predicted octanol–water partition coefficient (Wildman–Crippen LogP) is 4.40. The van der Waals surface area contributed by atoms with Crippen molar-refractivity contribution in [1.82, 2.24) is 5.32 Å². The Morgan fingerprint density at radius 3 is 2.48 bits per heavy atom. The van der Waals surface area contributed by atoms with Gasteiger partial charge in [-0.2, -0.15) is 0 Å². The van der Waals surface area contributed by atoms with Crippen LogP contribution in [0.2, 0.25) is 0 Å². The highest BCUT2D eigenvalue weighted by atomic mass is 16.6. The Morgan fingerprint density at radius 1 is 1.10 bits per heavy atom. The van der Waals surface area contributed by atoms with Gasteiger partial charge >= 0.3 is 0 Å². The zero-order valence-corrected chi connectivity index (χ0v) is 25.1. The van der Waals surface area contributed by atoms with E-state index in [0.29, 0.717) is 38.2 Å². The largest absolute Gasteiger partial charge is 0.387 e. The van der Waals surface area contributed by atoms with E-state index in [1.54, 1.807) is 6.08 Å². The number of epoxide rings is 1. The van der Waals surface area contributed by atoms with Gasteiger partial charge in [0, 0.05) is 25.7 Å². The highest BCUT2D eigenvalue weighted by Crippen LogP contribution is 2.43. The molecule has 1 amide bonds. The summed E-state index contributed by atoms with van der Waals surface area (Å²) < 4.78 is 18.0. The van der Waals surface area contributed by atoms with Crippen LogP contribution in [0.5, 0.6) is 0 Å². The molecule has 8 heteroatoms. The number of rotatable bonds is 13. The van der Waals surface area contributed by atoms with Crippen LogP contribution in [-0.2, 0) is 28.6 Å². The summed E-state index contributed by atoms with van der Waals surface area (Å²) in [4.78, 5) is 35.8. The second-order valence-corrected chi connectivity index (χ2v) is 12.4. The summed E-state index contributed by atoms with van der Waals surface area (Å²) in [5.74, 6) is 0.695. The van der Waals surface area contributed by atoms with Crippen LogP contribution in [0.15, 0.2) is 36.0 Å². The van der Waals surface area contributed by atoms with Crippen LogP contribution >= 0.6 is 0 Å². The molecule has 0 aromatic rings. The third-order valence-corrected chi connectivity index (χ3v) is 8.13. The van der Waals surface area contributed by atoms with Gasteiger partial charge in [0.2, 0.25) is 5.91 Å². The Bertz CT molecular complexity index is 980. The third kappa shape index (κ3) is 9.75. The number of aliphatic hydroxyl groups is 1. The quantitative estimate of drug-likeness (QED) is 0.195. The average Bonchev–Trinajstić information content (AvgIpc) is 3.64. The van der Waals surface area contributed by atoms with E-state index in [4.69, 9.17) is 14.2 Å². The number of amides is 1. The number of carbonyl (C=O) groups is 3. The van der Waals surface area contributed by atoms with Gasteiger partial charge < -0.3 is 29.4 Å². The lowest BCUT2D eigenvalue weighted by Crippen LogP contribution is -2.50. The van der Waals surface area contributed by atoms with Crippen LogP contribution in [0.4, 0.5) is 0 Å². The molecule has 2 N–H and O–H groups in total. The van der Waals surface area contributed by atoms with Crippen molar-refractivity contribution in [1.29, 1.82) is 0 Å². The van der Waals surface area contributed by atoms with Gasteiger partial charge in [-0.15, -0.1) is 0 Å². The topological polar surface area (TPSA) is 114 Å². The predicted molar refractivity (Wildman–Crippen MR) is 154 cm³/mol. The van der Waals surface area contributed by atoms with Crippen LogP contribution in [0.3, 0.4) is 0 Å². The lowest BCUT2D eigenvalue weighted by molar-refractivity contribution is -0.144. The highest BCUT2D eigenvalue weighted by molar-refractivity contribution is 5.87. The first-order valence-electron chi connectivity index (χ1n) is 14.9. The van der Waals surface area contributed by atoms with Crippen LogP contribution in [-0.4, -0.2) is 71.3 Å². The fraction of sp³-hybridized carbons (Fsp3) is 0.719. The maximum Gasteiger partial charge on any atom is 0.243 e. The first kappa shape index (κ1) is 32.4. The minimum atomic E-state index is -0.786. The Kier molecular flexibility index (Phi) is 11.9. The van der Waals surface area contributed by atoms with Gasteiger partial charge in [0.15, 0.2) is 0 Å². The van der Waals surface area contributed by atoms with Crippen LogP contribution < -0.4 is 5.32 Å². The van der Waals surface area contributed by atoms with Gasteiger partial charge in [-0.3, -0.25) is 9.59 Å². The first-order chi connectivity index (χ1) is 18.9. The fourth-order valence-electron chi connectivity index (χ4n) is 5.53. The van der Waals surface area contributed by atoms with Gasteiger partial charge in [-0.05, 0) is 57.9 Å². The molecule has 0 bridgehead atoms. The SMILES string of the molecule is CC(=O)CCCC(=O)C[C@@H]1C[C@@]2(CO2)[C@H](O)[C@@H](/C=C/C(C)=C/C[C@@H]2O[C@H](C)[C@H](NC(=O)/C=C\C(C)C)C[C@H]2C)O1. The van der Waals surface area contributed by atoms with E-state index in [2.05, 4.69) is 18.3 Å². The molecule has 0 aromatic heterocycles. The molecule has 3 aliphatic heterocycles. The van der Waals surface area contributed by atoms with Crippen molar-refractivity contribution < 1.29 is 33.7 Å². The summed E-state index contributed by atoms with van der Waals surface area (Å²) in [6, 6.07) is -0.0172. The molecule has 40 heavy (non-hydrogen) atoms. The van der Waals surface area contributed by atoms with Gasteiger partial charge in [-0.1, -0.05) is 50.6 Å². The molecule has 3 saturated heterocycles. The molecule has 0 saturated carbocycles. The van der Waals surface area contributed by atoms with E-state index in [9.17, 15) is 19.5 Å². The van der Waals surface area contributed by atoms with Crippen molar-refractivity contribution in [2.24, 2.45) is 11.8 Å². The number of hydrogen-bond acceptors (Lipinski definition) is 7. The Hall–Kier alpha value is -2.13. The Labute approximate surface area is 239 Å². The highest BCUT2D eigenvalue weighted by Gasteiger charge is 2.58. The summed E-state index contributed by atoms with van der Waals surface area (Å²) in [6.45, 7) is 12.2. The second kappa shape index (κ2) is 14.7. The number of nitrogens with one attached hydrogen (secondary N) is 1.